The van der Waals surface area contributed by atoms with Gasteiger partial charge in [0.2, 0.25) is 0 Å². The molecule has 0 atom stereocenters. The number of fused-ring (bicyclic) bond motifs is 1. The minimum atomic E-state index is -0.290. The molecule has 1 fully saturated rings. The van der Waals surface area contributed by atoms with E-state index in [2.05, 4.69) is 23.5 Å². The van der Waals surface area contributed by atoms with Crippen LogP contribution in [0.2, 0.25) is 0 Å². The largest absolute Gasteiger partial charge is 0.465 e. The van der Waals surface area contributed by atoms with E-state index in [0.29, 0.717) is 11.6 Å². The van der Waals surface area contributed by atoms with Gasteiger partial charge in [0.1, 0.15) is 0 Å². The number of carbonyl (C=O) groups excluding carboxylic acids is 1. The molecule has 3 nitrogen and oxygen atoms in total. The van der Waals surface area contributed by atoms with Crippen LogP contribution in [0.1, 0.15) is 42.5 Å². The molecule has 3 heteroatoms. The minimum Gasteiger partial charge on any atom is -0.465 e. The highest BCUT2D eigenvalue weighted by molar-refractivity contribution is 5.96. The summed E-state index contributed by atoms with van der Waals surface area (Å²) in [6, 6.07) is 12.6. The van der Waals surface area contributed by atoms with Crippen molar-refractivity contribution in [3.05, 3.63) is 42.0 Å². The summed E-state index contributed by atoms with van der Waals surface area (Å²) in [5.74, 6) is -0.290. The minimum absolute atomic E-state index is 0.290. The van der Waals surface area contributed by atoms with Crippen molar-refractivity contribution in [2.75, 3.05) is 12.4 Å². The predicted octanol–water partition coefficient (Wildman–Crippen LogP) is 4.37. The van der Waals surface area contributed by atoms with Crippen molar-refractivity contribution in [1.82, 2.24) is 0 Å². The number of benzene rings is 2. The predicted molar refractivity (Wildman–Crippen MR) is 85.8 cm³/mol. The summed E-state index contributed by atoms with van der Waals surface area (Å²) < 4.78 is 4.76. The smallest absolute Gasteiger partial charge is 0.337 e. The molecule has 0 unspecified atom stereocenters. The lowest BCUT2D eigenvalue weighted by Crippen LogP contribution is -2.22. The van der Waals surface area contributed by atoms with Gasteiger partial charge >= 0.3 is 5.97 Å². The summed E-state index contributed by atoms with van der Waals surface area (Å²) in [7, 11) is 1.41. The van der Waals surface area contributed by atoms with Crippen LogP contribution < -0.4 is 5.32 Å². The molecular formula is C18H21NO2. The van der Waals surface area contributed by atoms with E-state index in [1.54, 1.807) is 0 Å². The number of methoxy groups -OCH3 is 1. The van der Waals surface area contributed by atoms with Crippen LogP contribution in [-0.2, 0) is 4.74 Å². The lowest BCUT2D eigenvalue weighted by molar-refractivity contribution is 0.0601. The molecule has 0 saturated heterocycles. The first kappa shape index (κ1) is 13.9. The van der Waals surface area contributed by atoms with Crippen molar-refractivity contribution in [2.24, 2.45) is 0 Å². The fourth-order valence-electron chi connectivity index (χ4n) is 3.06. The maximum Gasteiger partial charge on any atom is 0.337 e. The van der Waals surface area contributed by atoms with E-state index in [1.165, 1.54) is 44.9 Å². The van der Waals surface area contributed by atoms with Gasteiger partial charge in [0.15, 0.2) is 0 Å². The summed E-state index contributed by atoms with van der Waals surface area (Å²) in [5.41, 5.74) is 1.76. The number of anilines is 1. The van der Waals surface area contributed by atoms with Crippen LogP contribution >= 0.6 is 0 Å². The maximum atomic E-state index is 11.6. The zero-order chi connectivity index (χ0) is 14.7. The van der Waals surface area contributed by atoms with Crippen LogP contribution in [0.15, 0.2) is 36.4 Å². The van der Waals surface area contributed by atoms with Gasteiger partial charge in [-0.2, -0.15) is 0 Å². The molecule has 0 bridgehead atoms. The van der Waals surface area contributed by atoms with Gasteiger partial charge in [0.05, 0.1) is 12.7 Å². The van der Waals surface area contributed by atoms with E-state index in [9.17, 15) is 4.79 Å². The average Bonchev–Trinajstić information content (AvgIpc) is 2.54. The number of nitrogens with one attached hydrogen (secondary N) is 1. The highest BCUT2D eigenvalue weighted by Gasteiger charge is 2.13. The normalized spacial score (nSPS) is 15.9. The molecule has 1 aliphatic rings. The molecule has 2 aromatic rings. The van der Waals surface area contributed by atoms with Crippen molar-refractivity contribution in [2.45, 2.75) is 38.1 Å². The third-order valence-electron chi connectivity index (χ3n) is 4.24. The quantitative estimate of drug-likeness (QED) is 0.850. The van der Waals surface area contributed by atoms with Crippen molar-refractivity contribution < 1.29 is 9.53 Å². The fourth-order valence-corrected chi connectivity index (χ4v) is 3.06. The van der Waals surface area contributed by atoms with Crippen LogP contribution in [0.25, 0.3) is 10.8 Å². The third kappa shape index (κ3) is 3.18. The molecule has 2 aromatic carbocycles. The molecule has 0 aromatic heterocycles. The van der Waals surface area contributed by atoms with E-state index >= 15 is 0 Å². The Bertz CT molecular complexity index is 645. The Kier molecular flexibility index (Phi) is 4.09. The Morgan fingerprint density at radius 1 is 1.05 bits per heavy atom. The van der Waals surface area contributed by atoms with Gasteiger partial charge in [0, 0.05) is 11.7 Å². The molecular weight excluding hydrogens is 262 g/mol. The first-order chi connectivity index (χ1) is 10.3. The topological polar surface area (TPSA) is 38.3 Å². The molecule has 110 valence electrons. The Balaban J connectivity index is 1.81. The number of ether oxygens (including phenoxy) is 1. The SMILES string of the molecule is COC(=O)c1ccc2cc(NC3CCCCC3)ccc2c1. The Labute approximate surface area is 125 Å². The third-order valence-corrected chi connectivity index (χ3v) is 4.24. The van der Waals surface area contributed by atoms with Crippen molar-refractivity contribution in [3.8, 4) is 0 Å². The second kappa shape index (κ2) is 6.17. The maximum absolute atomic E-state index is 11.6. The highest BCUT2D eigenvalue weighted by Crippen LogP contribution is 2.25. The second-order valence-corrected chi connectivity index (χ2v) is 5.75. The Morgan fingerprint density at radius 2 is 1.76 bits per heavy atom. The van der Waals surface area contributed by atoms with Gasteiger partial charge < -0.3 is 10.1 Å². The molecule has 0 radical (unpaired) electrons. The van der Waals surface area contributed by atoms with Gasteiger partial charge in [-0.05, 0) is 47.9 Å². The first-order valence-electron chi connectivity index (χ1n) is 7.65. The van der Waals surface area contributed by atoms with Gasteiger partial charge in [-0.1, -0.05) is 31.4 Å². The molecule has 1 saturated carbocycles. The second-order valence-electron chi connectivity index (χ2n) is 5.75. The Morgan fingerprint density at radius 3 is 2.52 bits per heavy atom. The van der Waals surface area contributed by atoms with Crippen LogP contribution in [-0.4, -0.2) is 19.1 Å². The summed E-state index contributed by atoms with van der Waals surface area (Å²) >= 11 is 0. The number of esters is 1. The number of rotatable bonds is 3. The van der Waals surface area contributed by atoms with Crippen molar-refractivity contribution >= 4 is 22.4 Å². The van der Waals surface area contributed by atoms with Crippen LogP contribution in [0.5, 0.6) is 0 Å². The Hall–Kier alpha value is -2.03. The molecule has 0 heterocycles. The van der Waals surface area contributed by atoms with E-state index in [4.69, 9.17) is 4.74 Å². The van der Waals surface area contributed by atoms with E-state index in [-0.39, 0.29) is 5.97 Å². The number of hydrogen-bond donors (Lipinski definition) is 1. The van der Waals surface area contributed by atoms with Gasteiger partial charge in [-0.3, -0.25) is 0 Å². The van der Waals surface area contributed by atoms with Crippen molar-refractivity contribution in [1.29, 1.82) is 0 Å². The molecule has 0 amide bonds. The summed E-state index contributed by atoms with van der Waals surface area (Å²) in [4.78, 5) is 11.6. The van der Waals surface area contributed by atoms with Crippen LogP contribution in [0, 0.1) is 0 Å². The number of carbonyl (C=O) groups is 1. The van der Waals surface area contributed by atoms with Crippen molar-refractivity contribution in [3.63, 3.8) is 0 Å². The monoisotopic (exact) mass is 283 g/mol. The first-order valence-corrected chi connectivity index (χ1v) is 7.65. The molecule has 1 aliphatic carbocycles. The van der Waals surface area contributed by atoms with E-state index in [0.717, 1.165) is 10.8 Å². The summed E-state index contributed by atoms with van der Waals surface area (Å²) in [6.07, 6.45) is 6.55. The molecule has 3 rings (SSSR count). The lowest BCUT2D eigenvalue weighted by atomic mass is 9.95. The average molecular weight is 283 g/mol. The van der Waals surface area contributed by atoms with Crippen LogP contribution in [0.4, 0.5) is 5.69 Å². The summed E-state index contributed by atoms with van der Waals surface area (Å²) in [6.45, 7) is 0. The zero-order valence-corrected chi connectivity index (χ0v) is 12.4. The van der Waals surface area contributed by atoms with Gasteiger partial charge in [-0.25, -0.2) is 4.79 Å². The van der Waals surface area contributed by atoms with Gasteiger partial charge in [0.25, 0.3) is 0 Å². The lowest BCUT2D eigenvalue weighted by Gasteiger charge is -2.24. The fraction of sp³-hybridized carbons (Fsp3) is 0.389. The van der Waals surface area contributed by atoms with Crippen LogP contribution in [0.3, 0.4) is 0 Å². The summed E-state index contributed by atoms with van der Waals surface area (Å²) in [5, 5.41) is 5.83. The zero-order valence-electron chi connectivity index (χ0n) is 12.4. The molecule has 21 heavy (non-hydrogen) atoms. The van der Waals surface area contributed by atoms with Gasteiger partial charge in [-0.15, -0.1) is 0 Å². The molecule has 1 N–H and O–H groups in total. The molecule has 0 aliphatic heterocycles. The number of hydrogen-bond acceptors (Lipinski definition) is 3. The van der Waals surface area contributed by atoms with E-state index in [1.807, 2.05) is 18.2 Å². The standard InChI is InChI=1S/C18H21NO2/c1-21-18(20)15-8-7-14-12-17(10-9-13(14)11-15)19-16-5-3-2-4-6-16/h7-12,16,19H,2-6H2,1H3. The molecule has 0 spiro atoms. The highest BCUT2D eigenvalue weighted by atomic mass is 16.5. The van der Waals surface area contributed by atoms with E-state index < -0.39 is 0 Å².